The van der Waals surface area contributed by atoms with Crippen LogP contribution in [0.25, 0.3) is 0 Å². The van der Waals surface area contributed by atoms with Gasteiger partial charge in [-0.2, -0.15) is 0 Å². The number of benzene rings is 1. The molecule has 0 bridgehead atoms. The molecule has 1 aliphatic heterocycles. The number of hydrogen-bond acceptors (Lipinski definition) is 3. The van der Waals surface area contributed by atoms with E-state index in [9.17, 15) is 4.39 Å². The Bertz CT molecular complexity index is 388. The molecule has 0 aliphatic carbocycles. The van der Waals surface area contributed by atoms with Crippen LogP contribution < -0.4 is 5.73 Å². The number of halogens is 1. The van der Waals surface area contributed by atoms with Crippen molar-refractivity contribution in [2.45, 2.75) is 38.0 Å². The van der Waals surface area contributed by atoms with E-state index in [1.807, 2.05) is 19.1 Å². The molecular formula is C15H23FN2O. The number of nitrogens with two attached hydrogens (primary N) is 1. The van der Waals surface area contributed by atoms with Crippen LogP contribution in [0.2, 0.25) is 0 Å². The molecule has 0 radical (unpaired) electrons. The standard InChI is InChI=1S/C15H23FN2O/c1-11(17)15(12-5-7-13(16)8-6-12)18(2)10-14-4-3-9-19-14/h5-8,11,14-15H,3-4,9-10,17H2,1-2H3. The van der Waals surface area contributed by atoms with Crippen molar-refractivity contribution in [1.82, 2.24) is 4.90 Å². The lowest BCUT2D eigenvalue weighted by atomic mass is 9.99. The molecule has 1 aliphatic rings. The smallest absolute Gasteiger partial charge is 0.123 e. The summed E-state index contributed by atoms with van der Waals surface area (Å²) in [5.74, 6) is -0.214. The van der Waals surface area contributed by atoms with Gasteiger partial charge in [-0.25, -0.2) is 4.39 Å². The van der Waals surface area contributed by atoms with Crippen molar-refractivity contribution in [2.75, 3.05) is 20.2 Å². The van der Waals surface area contributed by atoms with Gasteiger partial charge >= 0.3 is 0 Å². The van der Waals surface area contributed by atoms with Crippen molar-refractivity contribution in [2.24, 2.45) is 5.73 Å². The number of likely N-dealkylation sites (N-methyl/N-ethyl adjacent to an activating group) is 1. The highest BCUT2D eigenvalue weighted by Gasteiger charge is 2.25. The maximum absolute atomic E-state index is 13.0. The van der Waals surface area contributed by atoms with Crippen LogP contribution in [-0.4, -0.2) is 37.2 Å². The molecule has 2 N–H and O–H groups in total. The van der Waals surface area contributed by atoms with E-state index in [0.717, 1.165) is 31.6 Å². The van der Waals surface area contributed by atoms with Gasteiger partial charge in [0.25, 0.3) is 0 Å². The lowest BCUT2D eigenvalue weighted by Gasteiger charge is -2.33. The van der Waals surface area contributed by atoms with Gasteiger partial charge in [-0.1, -0.05) is 12.1 Å². The Hall–Kier alpha value is -0.970. The highest BCUT2D eigenvalue weighted by molar-refractivity contribution is 5.21. The van der Waals surface area contributed by atoms with E-state index in [1.54, 1.807) is 0 Å². The van der Waals surface area contributed by atoms with Crippen LogP contribution in [-0.2, 0) is 4.74 Å². The first kappa shape index (κ1) is 14.4. The molecule has 0 spiro atoms. The third kappa shape index (κ3) is 3.75. The Morgan fingerprint density at radius 1 is 1.42 bits per heavy atom. The van der Waals surface area contributed by atoms with Crippen LogP contribution >= 0.6 is 0 Å². The van der Waals surface area contributed by atoms with E-state index >= 15 is 0 Å². The number of ether oxygens (including phenoxy) is 1. The first-order chi connectivity index (χ1) is 9.08. The number of rotatable bonds is 5. The predicted octanol–water partition coefficient (Wildman–Crippen LogP) is 2.32. The average molecular weight is 266 g/mol. The van der Waals surface area contributed by atoms with E-state index in [2.05, 4.69) is 11.9 Å². The molecule has 106 valence electrons. The molecule has 3 nitrogen and oxygen atoms in total. The minimum atomic E-state index is -0.214. The quantitative estimate of drug-likeness (QED) is 0.889. The molecule has 4 heteroatoms. The minimum Gasteiger partial charge on any atom is -0.377 e. The molecule has 1 fully saturated rings. The minimum absolute atomic E-state index is 0.0168. The molecule has 3 unspecified atom stereocenters. The summed E-state index contributed by atoms with van der Waals surface area (Å²) in [7, 11) is 2.05. The number of nitrogens with zero attached hydrogens (tertiary/aromatic N) is 1. The van der Waals surface area contributed by atoms with Gasteiger partial charge in [-0.15, -0.1) is 0 Å². The number of hydrogen-bond donors (Lipinski definition) is 1. The first-order valence-electron chi connectivity index (χ1n) is 6.91. The van der Waals surface area contributed by atoms with Crippen molar-refractivity contribution in [3.8, 4) is 0 Å². The van der Waals surface area contributed by atoms with Crippen LogP contribution in [0.4, 0.5) is 4.39 Å². The van der Waals surface area contributed by atoms with Crippen molar-refractivity contribution < 1.29 is 9.13 Å². The molecule has 1 heterocycles. The van der Waals surface area contributed by atoms with Crippen molar-refractivity contribution >= 4 is 0 Å². The van der Waals surface area contributed by atoms with Crippen molar-refractivity contribution in [1.29, 1.82) is 0 Å². The summed E-state index contributed by atoms with van der Waals surface area (Å²) in [5, 5.41) is 0. The average Bonchev–Trinajstić information content (AvgIpc) is 2.84. The molecule has 1 saturated heterocycles. The highest BCUT2D eigenvalue weighted by atomic mass is 19.1. The summed E-state index contributed by atoms with van der Waals surface area (Å²) >= 11 is 0. The lowest BCUT2D eigenvalue weighted by Crippen LogP contribution is -2.40. The zero-order chi connectivity index (χ0) is 13.8. The third-order valence-corrected chi connectivity index (χ3v) is 3.70. The molecule has 0 aromatic heterocycles. The molecular weight excluding hydrogens is 243 g/mol. The zero-order valence-electron chi connectivity index (χ0n) is 11.7. The topological polar surface area (TPSA) is 38.5 Å². The molecule has 1 aromatic carbocycles. The highest BCUT2D eigenvalue weighted by Crippen LogP contribution is 2.24. The first-order valence-corrected chi connectivity index (χ1v) is 6.91. The molecule has 0 amide bonds. The van der Waals surface area contributed by atoms with Gasteiger partial charge in [0.05, 0.1) is 6.10 Å². The molecule has 3 atom stereocenters. The second-order valence-corrected chi connectivity index (χ2v) is 5.43. The fourth-order valence-corrected chi connectivity index (χ4v) is 2.84. The van der Waals surface area contributed by atoms with Crippen molar-refractivity contribution in [3.05, 3.63) is 35.6 Å². The lowest BCUT2D eigenvalue weighted by molar-refractivity contribution is 0.0642. The Kier molecular flexibility index (Phi) is 4.91. The Morgan fingerprint density at radius 3 is 2.63 bits per heavy atom. The van der Waals surface area contributed by atoms with Gasteiger partial charge in [-0.3, -0.25) is 4.90 Å². The second-order valence-electron chi connectivity index (χ2n) is 5.43. The molecule has 1 aromatic rings. The maximum Gasteiger partial charge on any atom is 0.123 e. The normalized spacial score (nSPS) is 22.7. The van der Waals surface area contributed by atoms with Crippen LogP contribution in [0.1, 0.15) is 31.4 Å². The van der Waals surface area contributed by atoms with E-state index in [-0.39, 0.29) is 17.9 Å². The van der Waals surface area contributed by atoms with Gasteiger partial charge < -0.3 is 10.5 Å². The Balaban J connectivity index is 2.07. The maximum atomic E-state index is 13.0. The zero-order valence-corrected chi connectivity index (χ0v) is 11.7. The summed E-state index contributed by atoms with van der Waals surface area (Å²) in [6, 6.07) is 6.68. The fourth-order valence-electron chi connectivity index (χ4n) is 2.84. The SMILES string of the molecule is CC(N)C(c1ccc(F)cc1)N(C)CC1CCCO1. The van der Waals surface area contributed by atoms with Gasteiger partial charge in [-0.05, 0) is 44.5 Å². The van der Waals surface area contributed by atoms with Crippen LogP contribution in [0.3, 0.4) is 0 Å². The summed E-state index contributed by atoms with van der Waals surface area (Å²) in [5.41, 5.74) is 7.16. The van der Waals surface area contributed by atoms with E-state index in [4.69, 9.17) is 10.5 Å². The van der Waals surface area contributed by atoms with Gasteiger partial charge in [0.15, 0.2) is 0 Å². The summed E-state index contributed by atoms with van der Waals surface area (Å²) in [6.07, 6.45) is 2.55. The Morgan fingerprint density at radius 2 is 2.11 bits per heavy atom. The van der Waals surface area contributed by atoms with Crippen LogP contribution in [0, 0.1) is 5.82 Å². The molecule has 0 saturated carbocycles. The van der Waals surface area contributed by atoms with E-state index < -0.39 is 0 Å². The van der Waals surface area contributed by atoms with Crippen LogP contribution in [0.5, 0.6) is 0 Å². The van der Waals surface area contributed by atoms with E-state index in [0.29, 0.717) is 6.10 Å². The summed E-state index contributed by atoms with van der Waals surface area (Å²) in [4.78, 5) is 2.22. The fraction of sp³-hybridized carbons (Fsp3) is 0.600. The predicted molar refractivity (Wildman–Crippen MR) is 74.4 cm³/mol. The van der Waals surface area contributed by atoms with Gasteiger partial charge in [0.1, 0.15) is 5.82 Å². The monoisotopic (exact) mass is 266 g/mol. The van der Waals surface area contributed by atoms with Crippen LogP contribution in [0.15, 0.2) is 24.3 Å². The largest absolute Gasteiger partial charge is 0.377 e. The van der Waals surface area contributed by atoms with E-state index in [1.165, 1.54) is 12.1 Å². The molecule has 19 heavy (non-hydrogen) atoms. The summed E-state index contributed by atoms with van der Waals surface area (Å²) in [6.45, 7) is 3.71. The Labute approximate surface area is 114 Å². The van der Waals surface area contributed by atoms with Gasteiger partial charge in [0, 0.05) is 25.2 Å². The third-order valence-electron chi connectivity index (χ3n) is 3.70. The van der Waals surface area contributed by atoms with Gasteiger partial charge in [0.2, 0.25) is 0 Å². The second kappa shape index (κ2) is 6.46. The molecule has 2 rings (SSSR count). The summed E-state index contributed by atoms with van der Waals surface area (Å²) < 4.78 is 18.7. The van der Waals surface area contributed by atoms with Crippen molar-refractivity contribution in [3.63, 3.8) is 0 Å².